The molecule has 0 amide bonds. The van der Waals surface area contributed by atoms with Crippen molar-refractivity contribution in [3.63, 3.8) is 0 Å². The average molecular weight is 270 g/mol. The van der Waals surface area contributed by atoms with Gasteiger partial charge in [-0.05, 0) is 13.3 Å². The van der Waals surface area contributed by atoms with Crippen molar-refractivity contribution in [2.45, 2.75) is 20.3 Å². The van der Waals surface area contributed by atoms with Crippen LogP contribution in [0.3, 0.4) is 0 Å². The van der Waals surface area contributed by atoms with Gasteiger partial charge >= 0.3 is 0 Å². The van der Waals surface area contributed by atoms with Crippen molar-refractivity contribution in [2.24, 2.45) is 0 Å². The fourth-order valence-corrected chi connectivity index (χ4v) is 2.13. The van der Waals surface area contributed by atoms with Crippen molar-refractivity contribution in [2.75, 3.05) is 24.6 Å². The lowest BCUT2D eigenvalue weighted by Gasteiger charge is -2.25. The minimum atomic E-state index is 0.0789. The van der Waals surface area contributed by atoms with Gasteiger partial charge in [0, 0.05) is 18.7 Å². The molecule has 0 spiro atoms. The Bertz CT molecular complexity index is 535. The maximum atomic E-state index is 9.17. The van der Waals surface area contributed by atoms with Crippen LogP contribution in [0.4, 0.5) is 5.82 Å². The van der Waals surface area contributed by atoms with Gasteiger partial charge in [-0.3, -0.25) is 0 Å². The van der Waals surface area contributed by atoms with Gasteiger partial charge in [0.05, 0.1) is 6.61 Å². The van der Waals surface area contributed by atoms with Gasteiger partial charge in [0.1, 0.15) is 17.3 Å². The van der Waals surface area contributed by atoms with Gasteiger partial charge in [0.25, 0.3) is 5.78 Å². The number of rotatable bonds is 5. The van der Waals surface area contributed by atoms with Crippen LogP contribution >= 0.6 is 11.6 Å². The molecular weight excluding hydrogens is 254 g/mol. The molecule has 0 radical (unpaired) electrons. The van der Waals surface area contributed by atoms with Crippen LogP contribution in [0.1, 0.15) is 18.9 Å². The Hall–Kier alpha value is -1.40. The molecule has 0 saturated carbocycles. The summed E-state index contributed by atoms with van der Waals surface area (Å²) in [6.45, 7) is 5.41. The maximum absolute atomic E-state index is 9.17. The van der Waals surface area contributed by atoms with Crippen LogP contribution in [0.25, 0.3) is 5.78 Å². The Morgan fingerprint density at radius 3 is 2.89 bits per heavy atom. The van der Waals surface area contributed by atoms with Crippen LogP contribution in [-0.2, 0) is 0 Å². The first-order valence-electron chi connectivity index (χ1n) is 5.90. The zero-order chi connectivity index (χ0) is 13.1. The van der Waals surface area contributed by atoms with Gasteiger partial charge < -0.3 is 10.0 Å². The Morgan fingerprint density at radius 2 is 2.22 bits per heavy atom. The van der Waals surface area contributed by atoms with E-state index in [1.165, 1.54) is 6.33 Å². The van der Waals surface area contributed by atoms with E-state index in [1.54, 1.807) is 4.52 Å². The monoisotopic (exact) mass is 269 g/mol. The zero-order valence-electron chi connectivity index (χ0n) is 10.5. The molecule has 0 aromatic carbocycles. The summed E-state index contributed by atoms with van der Waals surface area (Å²) in [5.74, 6) is 1.32. The lowest BCUT2D eigenvalue weighted by molar-refractivity contribution is 0.301. The summed E-state index contributed by atoms with van der Waals surface area (Å²) >= 11 is 6.11. The molecule has 0 saturated heterocycles. The van der Waals surface area contributed by atoms with Gasteiger partial charge in [-0.25, -0.2) is 0 Å². The molecule has 2 rings (SSSR count). The maximum Gasteiger partial charge on any atom is 0.255 e. The number of aliphatic hydroxyl groups is 1. The second kappa shape index (κ2) is 5.49. The van der Waals surface area contributed by atoms with E-state index in [2.05, 4.69) is 22.0 Å². The Labute approximate surface area is 110 Å². The van der Waals surface area contributed by atoms with E-state index in [0.717, 1.165) is 24.3 Å². The quantitative estimate of drug-likeness (QED) is 0.829. The molecule has 0 unspecified atom stereocenters. The molecule has 0 fully saturated rings. The number of fused-ring (bicyclic) bond motifs is 1. The summed E-state index contributed by atoms with van der Waals surface area (Å²) in [5.41, 5.74) is 0.844. The van der Waals surface area contributed by atoms with Gasteiger partial charge in [-0.2, -0.15) is 19.6 Å². The number of hydrogen-bond donors (Lipinski definition) is 1. The predicted octanol–water partition coefficient (Wildman–Crippen LogP) is 1.29. The highest BCUT2D eigenvalue weighted by molar-refractivity contribution is 6.30. The van der Waals surface area contributed by atoms with Gasteiger partial charge in [0.2, 0.25) is 0 Å². The first kappa shape index (κ1) is 13.0. The first-order chi connectivity index (χ1) is 8.69. The van der Waals surface area contributed by atoms with Crippen molar-refractivity contribution in [3.8, 4) is 0 Å². The molecule has 0 aliphatic rings. The van der Waals surface area contributed by atoms with Crippen molar-refractivity contribution in [1.29, 1.82) is 0 Å². The van der Waals surface area contributed by atoms with E-state index in [9.17, 15) is 5.11 Å². The minimum Gasteiger partial charge on any atom is -0.395 e. The SMILES string of the molecule is CCCN(CCO)c1c(C)c(Cl)nc2ncnn12. The molecule has 7 heteroatoms. The molecule has 0 atom stereocenters. The number of nitrogens with zero attached hydrogens (tertiary/aromatic N) is 5. The van der Waals surface area contributed by atoms with Crippen molar-refractivity contribution in [3.05, 3.63) is 17.0 Å². The summed E-state index contributed by atoms with van der Waals surface area (Å²) in [6, 6.07) is 0. The molecule has 0 aliphatic heterocycles. The van der Waals surface area contributed by atoms with E-state index in [1.807, 2.05) is 11.8 Å². The Morgan fingerprint density at radius 1 is 1.44 bits per heavy atom. The van der Waals surface area contributed by atoms with Crippen molar-refractivity contribution >= 4 is 23.2 Å². The summed E-state index contributed by atoms with van der Waals surface area (Å²) < 4.78 is 1.66. The molecule has 6 nitrogen and oxygen atoms in total. The van der Waals surface area contributed by atoms with E-state index in [4.69, 9.17) is 11.6 Å². The smallest absolute Gasteiger partial charge is 0.255 e. The number of aromatic nitrogens is 4. The number of anilines is 1. The Kier molecular flexibility index (Phi) is 3.98. The minimum absolute atomic E-state index is 0.0789. The summed E-state index contributed by atoms with van der Waals surface area (Å²) in [4.78, 5) is 10.3. The van der Waals surface area contributed by atoms with Crippen LogP contribution < -0.4 is 4.90 Å². The third kappa shape index (κ3) is 2.26. The van der Waals surface area contributed by atoms with E-state index >= 15 is 0 Å². The number of aliphatic hydroxyl groups excluding tert-OH is 1. The highest BCUT2D eigenvalue weighted by Crippen LogP contribution is 2.25. The molecule has 98 valence electrons. The molecular formula is C11H16ClN5O. The molecule has 0 aliphatic carbocycles. The largest absolute Gasteiger partial charge is 0.395 e. The Balaban J connectivity index is 2.58. The molecule has 1 N–H and O–H groups in total. The van der Waals surface area contributed by atoms with Gasteiger partial charge in [-0.1, -0.05) is 18.5 Å². The number of halogens is 1. The first-order valence-corrected chi connectivity index (χ1v) is 6.28. The van der Waals surface area contributed by atoms with E-state index in [-0.39, 0.29) is 6.61 Å². The van der Waals surface area contributed by atoms with Crippen molar-refractivity contribution < 1.29 is 5.11 Å². The normalized spacial score (nSPS) is 11.1. The molecule has 18 heavy (non-hydrogen) atoms. The predicted molar refractivity (Wildman–Crippen MR) is 70.1 cm³/mol. The van der Waals surface area contributed by atoms with Crippen LogP contribution in [-0.4, -0.2) is 44.4 Å². The second-order valence-corrected chi connectivity index (χ2v) is 4.39. The van der Waals surface area contributed by atoms with Crippen LogP contribution in [0.15, 0.2) is 6.33 Å². The summed E-state index contributed by atoms with van der Waals surface area (Å²) in [6.07, 6.45) is 2.42. The molecule has 2 heterocycles. The van der Waals surface area contributed by atoms with Crippen LogP contribution in [0.5, 0.6) is 0 Å². The van der Waals surface area contributed by atoms with Gasteiger partial charge in [0.15, 0.2) is 0 Å². The second-order valence-electron chi connectivity index (χ2n) is 4.03. The fourth-order valence-electron chi connectivity index (χ4n) is 1.97. The number of hydrogen-bond acceptors (Lipinski definition) is 5. The topological polar surface area (TPSA) is 66.5 Å². The zero-order valence-corrected chi connectivity index (χ0v) is 11.2. The average Bonchev–Trinajstić information content (AvgIpc) is 2.78. The van der Waals surface area contributed by atoms with Crippen LogP contribution in [0, 0.1) is 6.92 Å². The molecule has 0 bridgehead atoms. The standard InChI is InChI=1S/C11H16ClN5O/c1-3-4-16(5-6-18)10-8(2)9(12)15-11-13-7-14-17(10)11/h7,18H,3-6H2,1-2H3. The fraction of sp³-hybridized carbons (Fsp3) is 0.545. The summed E-state index contributed by atoms with van der Waals surface area (Å²) in [5, 5.41) is 13.8. The van der Waals surface area contributed by atoms with E-state index in [0.29, 0.717) is 17.5 Å². The van der Waals surface area contributed by atoms with Crippen LogP contribution in [0.2, 0.25) is 5.15 Å². The lowest BCUT2D eigenvalue weighted by Crippen LogP contribution is -2.30. The highest BCUT2D eigenvalue weighted by Gasteiger charge is 2.17. The lowest BCUT2D eigenvalue weighted by atomic mass is 10.3. The third-order valence-electron chi connectivity index (χ3n) is 2.74. The van der Waals surface area contributed by atoms with Crippen molar-refractivity contribution in [1.82, 2.24) is 19.6 Å². The molecule has 2 aromatic rings. The summed E-state index contributed by atoms with van der Waals surface area (Å²) in [7, 11) is 0. The van der Waals surface area contributed by atoms with Gasteiger partial charge in [-0.15, -0.1) is 0 Å². The van der Waals surface area contributed by atoms with E-state index < -0.39 is 0 Å². The molecule has 2 aromatic heterocycles. The third-order valence-corrected chi connectivity index (χ3v) is 3.10. The highest BCUT2D eigenvalue weighted by atomic mass is 35.5.